The lowest BCUT2D eigenvalue weighted by molar-refractivity contribution is 0.341. The first-order chi connectivity index (χ1) is 9.58. The maximum absolute atomic E-state index is 13.5. The predicted molar refractivity (Wildman–Crippen MR) is 81.6 cm³/mol. The lowest BCUT2D eigenvalue weighted by atomic mass is 10.1. The Kier molecular flexibility index (Phi) is 7.65. The summed E-state index contributed by atoms with van der Waals surface area (Å²) in [6, 6.07) is 4.54. The van der Waals surface area contributed by atoms with Crippen molar-refractivity contribution >= 4 is 11.4 Å². The average molecular weight is 299 g/mol. The van der Waals surface area contributed by atoms with E-state index in [1.165, 1.54) is 6.07 Å². The zero-order chi connectivity index (χ0) is 15.0. The largest absolute Gasteiger partial charge is 0.598 e. The Morgan fingerprint density at radius 1 is 1.55 bits per heavy atom. The molecule has 0 aliphatic heterocycles. The number of hydrogen-bond acceptors (Lipinski definition) is 3. The Morgan fingerprint density at radius 3 is 2.95 bits per heavy atom. The van der Waals surface area contributed by atoms with Crippen LogP contribution in [0.2, 0.25) is 0 Å². The highest BCUT2D eigenvalue weighted by Crippen LogP contribution is 2.23. The summed E-state index contributed by atoms with van der Waals surface area (Å²) >= 11 is -1.07. The van der Waals surface area contributed by atoms with Gasteiger partial charge in [-0.15, -0.1) is 4.72 Å². The standard InChI is InChI=1S/C15H22FNO2S/c1-4-6-10-20(18)17-12(3)13-7-8-14(16)15(11-13)19-9-5-2/h5,7-8,11-12,17H,2,4,6,9-10H2,1,3H3/t12-,20-/m0/s1. The maximum Gasteiger partial charge on any atom is 0.165 e. The molecule has 0 bridgehead atoms. The van der Waals surface area contributed by atoms with Gasteiger partial charge in [-0.2, -0.15) is 0 Å². The van der Waals surface area contributed by atoms with Crippen LogP contribution in [0.15, 0.2) is 30.9 Å². The molecule has 0 unspecified atom stereocenters. The summed E-state index contributed by atoms with van der Waals surface area (Å²) < 4.78 is 33.6. The lowest BCUT2D eigenvalue weighted by Gasteiger charge is -2.17. The number of nitrogens with one attached hydrogen (secondary N) is 1. The number of unbranched alkanes of at least 4 members (excludes halogenated alkanes) is 1. The fourth-order valence-electron chi connectivity index (χ4n) is 1.65. The van der Waals surface area contributed by atoms with Gasteiger partial charge in [-0.05, 0) is 31.0 Å². The van der Waals surface area contributed by atoms with Crippen LogP contribution in [0.25, 0.3) is 0 Å². The Bertz CT molecular complexity index is 428. The van der Waals surface area contributed by atoms with E-state index in [9.17, 15) is 8.94 Å². The third-order valence-corrected chi connectivity index (χ3v) is 4.08. The van der Waals surface area contributed by atoms with Crippen molar-refractivity contribution in [3.05, 3.63) is 42.2 Å². The summed E-state index contributed by atoms with van der Waals surface area (Å²) in [6.07, 6.45) is 3.49. The van der Waals surface area contributed by atoms with Crippen molar-refractivity contribution in [2.45, 2.75) is 32.7 Å². The van der Waals surface area contributed by atoms with Gasteiger partial charge in [-0.25, -0.2) is 4.39 Å². The molecule has 0 aromatic heterocycles. The molecule has 1 N–H and O–H groups in total. The Labute approximate surface area is 123 Å². The first-order valence-electron chi connectivity index (χ1n) is 6.76. The van der Waals surface area contributed by atoms with Crippen LogP contribution in [0, 0.1) is 5.82 Å². The average Bonchev–Trinajstić information content (AvgIpc) is 2.44. The molecule has 0 fully saturated rings. The van der Waals surface area contributed by atoms with Crippen molar-refractivity contribution in [1.82, 2.24) is 4.72 Å². The van der Waals surface area contributed by atoms with Crippen LogP contribution in [0.5, 0.6) is 5.75 Å². The van der Waals surface area contributed by atoms with Crippen LogP contribution in [0.3, 0.4) is 0 Å². The number of benzene rings is 1. The molecular weight excluding hydrogens is 277 g/mol. The van der Waals surface area contributed by atoms with Gasteiger partial charge in [0.25, 0.3) is 0 Å². The topological polar surface area (TPSA) is 44.3 Å². The van der Waals surface area contributed by atoms with Crippen LogP contribution < -0.4 is 9.46 Å². The van der Waals surface area contributed by atoms with Gasteiger partial charge in [0.05, 0.1) is 6.04 Å². The highest BCUT2D eigenvalue weighted by Gasteiger charge is 2.15. The molecule has 1 rings (SSSR count). The summed E-state index contributed by atoms with van der Waals surface area (Å²) in [7, 11) is 0. The predicted octanol–water partition coefficient (Wildman–Crippen LogP) is 3.50. The molecule has 5 heteroatoms. The van der Waals surface area contributed by atoms with E-state index in [0.717, 1.165) is 18.4 Å². The van der Waals surface area contributed by atoms with Gasteiger partial charge in [-0.1, -0.05) is 32.1 Å². The van der Waals surface area contributed by atoms with Gasteiger partial charge in [0.15, 0.2) is 11.6 Å². The second kappa shape index (κ2) is 9.00. The molecule has 1 aromatic rings. The van der Waals surface area contributed by atoms with E-state index in [1.54, 1.807) is 18.2 Å². The van der Waals surface area contributed by atoms with Gasteiger partial charge in [-0.3, -0.25) is 0 Å². The van der Waals surface area contributed by atoms with E-state index in [2.05, 4.69) is 18.2 Å². The monoisotopic (exact) mass is 299 g/mol. The third kappa shape index (κ3) is 5.53. The Hall–Kier alpha value is -1.04. The zero-order valence-corrected chi connectivity index (χ0v) is 12.8. The number of ether oxygens (including phenoxy) is 1. The first-order valence-corrected chi connectivity index (χ1v) is 8.08. The fraction of sp³-hybridized carbons (Fsp3) is 0.467. The molecule has 112 valence electrons. The first kappa shape index (κ1) is 17.0. The molecule has 0 aliphatic carbocycles. The normalized spacial score (nSPS) is 13.8. The van der Waals surface area contributed by atoms with Gasteiger partial charge in [0.2, 0.25) is 0 Å². The van der Waals surface area contributed by atoms with Gasteiger partial charge < -0.3 is 9.29 Å². The van der Waals surface area contributed by atoms with Crippen molar-refractivity contribution < 1.29 is 13.7 Å². The quantitative estimate of drug-likeness (QED) is 0.560. The highest BCUT2D eigenvalue weighted by molar-refractivity contribution is 7.89. The molecular formula is C15H22FNO2S. The van der Waals surface area contributed by atoms with E-state index in [-0.39, 0.29) is 18.4 Å². The minimum absolute atomic E-state index is 0.126. The lowest BCUT2D eigenvalue weighted by Crippen LogP contribution is -2.29. The van der Waals surface area contributed by atoms with Crippen LogP contribution in [0.1, 0.15) is 38.3 Å². The highest BCUT2D eigenvalue weighted by atomic mass is 32.2. The summed E-state index contributed by atoms with van der Waals surface area (Å²) in [5, 5.41) is 0. The fourth-order valence-corrected chi connectivity index (χ4v) is 2.85. The molecule has 3 nitrogen and oxygen atoms in total. The van der Waals surface area contributed by atoms with Gasteiger partial charge in [0.1, 0.15) is 12.4 Å². The molecule has 2 atom stereocenters. The summed E-state index contributed by atoms with van der Waals surface area (Å²) in [4.78, 5) is 0. The van der Waals surface area contributed by atoms with E-state index < -0.39 is 17.2 Å². The van der Waals surface area contributed by atoms with Gasteiger partial charge >= 0.3 is 0 Å². The number of hydrogen-bond donors (Lipinski definition) is 1. The van der Waals surface area contributed by atoms with Crippen molar-refractivity contribution in [3.8, 4) is 5.75 Å². The van der Waals surface area contributed by atoms with E-state index >= 15 is 0 Å². The third-order valence-electron chi connectivity index (χ3n) is 2.80. The van der Waals surface area contributed by atoms with Crippen LogP contribution in [0.4, 0.5) is 4.39 Å². The smallest absolute Gasteiger partial charge is 0.165 e. The Balaban J connectivity index is 2.67. The summed E-state index contributed by atoms with van der Waals surface area (Å²) in [6.45, 7) is 7.74. The van der Waals surface area contributed by atoms with Crippen molar-refractivity contribution in [3.63, 3.8) is 0 Å². The van der Waals surface area contributed by atoms with Crippen LogP contribution in [-0.2, 0) is 11.4 Å². The van der Waals surface area contributed by atoms with Crippen LogP contribution >= 0.6 is 0 Å². The SMILES string of the molecule is C=CCOc1cc([C@H](C)N[S@@+]([O-])CCCC)ccc1F. The minimum atomic E-state index is -1.07. The van der Waals surface area contributed by atoms with Gasteiger partial charge in [0, 0.05) is 11.4 Å². The molecule has 0 saturated heterocycles. The van der Waals surface area contributed by atoms with Crippen LogP contribution in [-0.4, -0.2) is 16.9 Å². The molecule has 1 aromatic carbocycles. The molecule has 0 aliphatic rings. The second-order valence-electron chi connectivity index (χ2n) is 4.53. The van der Waals surface area contributed by atoms with E-state index in [1.807, 2.05) is 6.92 Å². The maximum atomic E-state index is 13.5. The minimum Gasteiger partial charge on any atom is -0.598 e. The second-order valence-corrected chi connectivity index (χ2v) is 5.87. The van der Waals surface area contributed by atoms with E-state index in [0.29, 0.717) is 5.75 Å². The molecule has 0 heterocycles. The van der Waals surface area contributed by atoms with E-state index in [4.69, 9.17) is 4.74 Å². The molecule has 0 saturated carbocycles. The molecule has 0 amide bonds. The van der Waals surface area contributed by atoms with Crippen molar-refractivity contribution in [1.29, 1.82) is 0 Å². The summed E-state index contributed by atoms with van der Waals surface area (Å²) in [5.41, 5.74) is 0.843. The molecule has 0 spiro atoms. The number of halogens is 1. The molecule has 0 radical (unpaired) electrons. The Morgan fingerprint density at radius 2 is 2.30 bits per heavy atom. The van der Waals surface area contributed by atoms with Crippen molar-refractivity contribution in [2.24, 2.45) is 0 Å². The number of rotatable bonds is 9. The molecule has 20 heavy (non-hydrogen) atoms. The zero-order valence-electron chi connectivity index (χ0n) is 12.0. The summed E-state index contributed by atoms with van der Waals surface area (Å²) in [5.74, 6) is 0.410. The van der Waals surface area contributed by atoms with Crippen molar-refractivity contribution in [2.75, 3.05) is 12.4 Å².